The van der Waals surface area contributed by atoms with Crippen molar-refractivity contribution in [1.82, 2.24) is 4.98 Å². The summed E-state index contributed by atoms with van der Waals surface area (Å²) >= 11 is 3.37. The molecule has 0 bridgehead atoms. The summed E-state index contributed by atoms with van der Waals surface area (Å²) in [6.45, 7) is 0.705. The first-order valence-electron chi connectivity index (χ1n) is 5.96. The Kier molecular flexibility index (Phi) is 3.56. The van der Waals surface area contributed by atoms with E-state index in [-0.39, 0.29) is 6.61 Å². The molecular formula is C14H11BrN2O3. The lowest BCUT2D eigenvalue weighted by molar-refractivity contribution is 0.302. The van der Waals surface area contributed by atoms with Crippen LogP contribution in [0.25, 0.3) is 0 Å². The molecule has 6 heteroatoms. The molecule has 0 saturated heterocycles. The van der Waals surface area contributed by atoms with Crippen molar-refractivity contribution in [1.29, 1.82) is 0 Å². The molecule has 1 aliphatic heterocycles. The van der Waals surface area contributed by atoms with Crippen LogP contribution in [0.5, 0.6) is 11.5 Å². The molecule has 1 aliphatic rings. The van der Waals surface area contributed by atoms with Gasteiger partial charge in [-0.2, -0.15) is 0 Å². The van der Waals surface area contributed by atoms with Gasteiger partial charge in [-0.15, -0.1) is 0 Å². The number of halogens is 1. The highest BCUT2D eigenvalue weighted by Gasteiger charge is 2.20. The smallest absolute Gasteiger partial charge is 0.134 e. The molecule has 3 rings (SSSR count). The van der Waals surface area contributed by atoms with Crippen LogP contribution >= 0.6 is 15.9 Å². The summed E-state index contributed by atoms with van der Waals surface area (Å²) in [6, 6.07) is 7.39. The fourth-order valence-corrected chi connectivity index (χ4v) is 2.37. The molecule has 2 aromatic rings. The summed E-state index contributed by atoms with van der Waals surface area (Å²) in [5, 5.41) is 12.0. The topological polar surface area (TPSA) is 63.9 Å². The average molecular weight is 335 g/mol. The van der Waals surface area contributed by atoms with E-state index in [0.717, 1.165) is 15.6 Å². The van der Waals surface area contributed by atoms with E-state index in [1.807, 2.05) is 18.2 Å². The van der Waals surface area contributed by atoms with Crippen LogP contribution in [0, 0.1) is 0 Å². The highest BCUT2D eigenvalue weighted by molar-refractivity contribution is 9.10. The number of ether oxygens (including phenoxy) is 2. The molecule has 0 atom stereocenters. The van der Waals surface area contributed by atoms with Gasteiger partial charge in [-0.05, 0) is 34.1 Å². The normalized spacial score (nSPS) is 14.9. The van der Waals surface area contributed by atoms with E-state index in [0.29, 0.717) is 23.8 Å². The summed E-state index contributed by atoms with van der Waals surface area (Å²) in [7, 11) is 0. The second kappa shape index (κ2) is 5.50. The summed E-state index contributed by atoms with van der Waals surface area (Å²) in [6.07, 6.45) is 3.48. The van der Waals surface area contributed by atoms with Gasteiger partial charge in [0.25, 0.3) is 0 Å². The van der Waals surface area contributed by atoms with E-state index < -0.39 is 0 Å². The second-order valence-corrected chi connectivity index (χ2v) is 5.21. The zero-order chi connectivity index (χ0) is 13.9. The zero-order valence-electron chi connectivity index (χ0n) is 10.4. The summed E-state index contributed by atoms with van der Waals surface area (Å²) < 4.78 is 12.0. The molecule has 1 N–H and O–H groups in total. The lowest BCUT2D eigenvalue weighted by atomic mass is 10.1. The number of oxime groups is 1. The van der Waals surface area contributed by atoms with Gasteiger partial charge in [-0.3, -0.25) is 4.98 Å². The lowest BCUT2D eigenvalue weighted by Gasteiger charge is -2.07. The molecule has 0 saturated carbocycles. The Morgan fingerprint density at radius 3 is 3.05 bits per heavy atom. The number of pyridine rings is 1. The molecule has 0 fully saturated rings. The molecule has 0 aliphatic carbocycles. The van der Waals surface area contributed by atoms with Crippen LogP contribution in [0.3, 0.4) is 0 Å². The van der Waals surface area contributed by atoms with Gasteiger partial charge < -0.3 is 14.7 Å². The predicted octanol–water partition coefficient (Wildman–Crippen LogP) is 2.99. The average Bonchev–Trinajstić information content (AvgIpc) is 2.87. The minimum absolute atomic E-state index is 0.283. The van der Waals surface area contributed by atoms with E-state index in [1.54, 1.807) is 18.5 Å². The monoisotopic (exact) mass is 334 g/mol. The summed E-state index contributed by atoms with van der Waals surface area (Å²) in [5.74, 6) is 1.37. The van der Waals surface area contributed by atoms with Crippen LogP contribution in [0.4, 0.5) is 0 Å². The van der Waals surface area contributed by atoms with Crippen molar-refractivity contribution in [3.63, 3.8) is 0 Å². The van der Waals surface area contributed by atoms with Gasteiger partial charge in [-0.1, -0.05) is 5.16 Å². The number of benzene rings is 1. The van der Waals surface area contributed by atoms with Crippen molar-refractivity contribution in [2.45, 2.75) is 6.61 Å². The molecule has 5 nitrogen and oxygen atoms in total. The van der Waals surface area contributed by atoms with Gasteiger partial charge in [0.1, 0.15) is 30.4 Å². The lowest BCUT2D eigenvalue weighted by Crippen LogP contribution is -2.01. The number of hydrogen-bond acceptors (Lipinski definition) is 5. The Balaban J connectivity index is 1.73. The van der Waals surface area contributed by atoms with Crippen molar-refractivity contribution in [3.05, 3.63) is 52.3 Å². The van der Waals surface area contributed by atoms with Crippen LogP contribution in [0.15, 0.2) is 46.3 Å². The van der Waals surface area contributed by atoms with Gasteiger partial charge in [0, 0.05) is 34.1 Å². The fourth-order valence-electron chi connectivity index (χ4n) is 1.96. The van der Waals surface area contributed by atoms with Crippen molar-refractivity contribution in [2.24, 2.45) is 5.16 Å². The van der Waals surface area contributed by atoms with Crippen LogP contribution in [-0.2, 0) is 6.61 Å². The Hall–Kier alpha value is -2.08. The molecule has 0 amide bonds. The first-order chi connectivity index (χ1) is 9.76. The molecule has 0 spiro atoms. The van der Waals surface area contributed by atoms with Gasteiger partial charge in [0.2, 0.25) is 0 Å². The maximum absolute atomic E-state index is 8.83. The van der Waals surface area contributed by atoms with E-state index in [1.165, 1.54) is 0 Å². The molecule has 20 heavy (non-hydrogen) atoms. The molecule has 0 unspecified atom stereocenters. The van der Waals surface area contributed by atoms with E-state index in [9.17, 15) is 0 Å². The quantitative estimate of drug-likeness (QED) is 0.692. The highest BCUT2D eigenvalue weighted by Crippen LogP contribution is 2.30. The SMILES string of the molecule is O/N=C1/COc2cc(OCc3cncc(Br)c3)ccc21. The zero-order valence-corrected chi connectivity index (χ0v) is 12.0. The Morgan fingerprint density at radius 1 is 1.35 bits per heavy atom. The second-order valence-electron chi connectivity index (χ2n) is 4.29. The first-order valence-corrected chi connectivity index (χ1v) is 6.76. The maximum Gasteiger partial charge on any atom is 0.134 e. The third-order valence-corrected chi connectivity index (χ3v) is 3.35. The Labute approximate surface area is 124 Å². The molecule has 1 aromatic heterocycles. The number of hydrogen-bond donors (Lipinski definition) is 1. The van der Waals surface area contributed by atoms with Crippen molar-refractivity contribution >= 4 is 21.6 Å². The fraction of sp³-hybridized carbons (Fsp3) is 0.143. The van der Waals surface area contributed by atoms with Crippen LogP contribution in [0.2, 0.25) is 0 Å². The molecule has 1 aromatic carbocycles. The standard InChI is InChI=1S/C14H11BrN2O3/c15-10-3-9(5-16-6-10)7-19-11-1-2-12-13(17-18)8-20-14(12)4-11/h1-6,18H,7-8H2/b17-13-. The third kappa shape index (κ3) is 2.60. The summed E-state index contributed by atoms with van der Waals surface area (Å²) in [5.41, 5.74) is 2.30. The number of aromatic nitrogens is 1. The number of rotatable bonds is 3. The van der Waals surface area contributed by atoms with Gasteiger partial charge in [0.15, 0.2) is 0 Å². The third-order valence-electron chi connectivity index (χ3n) is 2.92. The van der Waals surface area contributed by atoms with Crippen molar-refractivity contribution in [2.75, 3.05) is 6.61 Å². The van der Waals surface area contributed by atoms with Gasteiger partial charge in [-0.25, -0.2) is 0 Å². The Bertz CT molecular complexity index is 673. The van der Waals surface area contributed by atoms with Crippen LogP contribution in [0.1, 0.15) is 11.1 Å². The largest absolute Gasteiger partial charge is 0.489 e. The minimum Gasteiger partial charge on any atom is -0.489 e. The van der Waals surface area contributed by atoms with Crippen molar-refractivity contribution < 1.29 is 14.7 Å². The van der Waals surface area contributed by atoms with Crippen LogP contribution in [-0.4, -0.2) is 22.5 Å². The van der Waals surface area contributed by atoms with Crippen molar-refractivity contribution in [3.8, 4) is 11.5 Å². The highest BCUT2D eigenvalue weighted by atomic mass is 79.9. The molecular weight excluding hydrogens is 324 g/mol. The Morgan fingerprint density at radius 2 is 2.25 bits per heavy atom. The van der Waals surface area contributed by atoms with E-state index in [4.69, 9.17) is 14.7 Å². The van der Waals surface area contributed by atoms with Gasteiger partial charge >= 0.3 is 0 Å². The number of fused-ring (bicyclic) bond motifs is 1. The van der Waals surface area contributed by atoms with E-state index in [2.05, 4.69) is 26.1 Å². The summed E-state index contributed by atoms with van der Waals surface area (Å²) in [4.78, 5) is 4.08. The predicted molar refractivity (Wildman–Crippen MR) is 76.5 cm³/mol. The molecule has 2 heterocycles. The van der Waals surface area contributed by atoms with E-state index >= 15 is 0 Å². The van der Waals surface area contributed by atoms with Gasteiger partial charge in [0.05, 0.1) is 0 Å². The number of nitrogens with zero attached hydrogens (tertiary/aromatic N) is 2. The molecule has 102 valence electrons. The van der Waals surface area contributed by atoms with Crippen LogP contribution < -0.4 is 9.47 Å². The first kappa shape index (κ1) is 12.9. The minimum atomic E-state index is 0.283. The maximum atomic E-state index is 8.83. The molecule has 0 radical (unpaired) electrons.